The average molecular weight is 214 g/mol. The molecule has 0 aromatic heterocycles. The molecule has 3 N–H and O–H groups in total. The molecule has 0 saturated heterocycles. The van der Waals surface area contributed by atoms with Gasteiger partial charge in [0, 0.05) is 12.6 Å². The highest BCUT2D eigenvalue weighted by Gasteiger charge is 2.22. The average Bonchev–Trinajstić information content (AvgIpc) is 2.18. The lowest BCUT2D eigenvalue weighted by Gasteiger charge is -2.26. The first kappa shape index (κ1) is 12.3. The summed E-state index contributed by atoms with van der Waals surface area (Å²) in [5.74, 6) is 0. The maximum atomic E-state index is 11.3. The Morgan fingerprint density at radius 1 is 1.53 bits per heavy atom. The molecule has 2 unspecified atom stereocenters. The van der Waals surface area contributed by atoms with Crippen molar-refractivity contribution in [2.45, 2.75) is 57.6 Å². The minimum atomic E-state index is -0.289. The molecule has 15 heavy (non-hydrogen) atoms. The van der Waals surface area contributed by atoms with Gasteiger partial charge in [0.25, 0.3) is 0 Å². The van der Waals surface area contributed by atoms with Gasteiger partial charge in [-0.3, -0.25) is 0 Å². The molecule has 1 amide bonds. The number of rotatable bonds is 4. The maximum absolute atomic E-state index is 11.3. The molecule has 0 heterocycles. The van der Waals surface area contributed by atoms with Crippen molar-refractivity contribution in [1.82, 2.24) is 5.32 Å². The molecule has 0 aromatic rings. The van der Waals surface area contributed by atoms with Crippen molar-refractivity contribution in [3.63, 3.8) is 0 Å². The number of amides is 1. The second-order valence-electron chi connectivity index (χ2n) is 4.23. The van der Waals surface area contributed by atoms with E-state index in [2.05, 4.69) is 12.2 Å². The summed E-state index contributed by atoms with van der Waals surface area (Å²) in [5.41, 5.74) is 5.81. The second kappa shape index (κ2) is 6.67. The van der Waals surface area contributed by atoms with Gasteiger partial charge in [-0.2, -0.15) is 0 Å². The Kier molecular flexibility index (Phi) is 5.47. The lowest BCUT2D eigenvalue weighted by atomic mass is 9.94. The lowest BCUT2D eigenvalue weighted by Crippen LogP contribution is -2.36. The van der Waals surface area contributed by atoms with E-state index in [0.717, 1.165) is 38.5 Å². The minimum absolute atomic E-state index is 0.0235. The van der Waals surface area contributed by atoms with Crippen LogP contribution in [0.2, 0.25) is 0 Å². The zero-order valence-corrected chi connectivity index (χ0v) is 9.50. The van der Waals surface area contributed by atoms with Crippen molar-refractivity contribution in [2.75, 3.05) is 6.54 Å². The Hall–Kier alpha value is -0.770. The van der Waals surface area contributed by atoms with Gasteiger partial charge in [-0.25, -0.2) is 4.79 Å². The van der Waals surface area contributed by atoms with Crippen LogP contribution in [0.15, 0.2) is 0 Å². The summed E-state index contributed by atoms with van der Waals surface area (Å²) >= 11 is 0. The third kappa shape index (κ3) is 5.02. The highest BCUT2D eigenvalue weighted by atomic mass is 16.6. The first-order valence-corrected chi connectivity index (χ1v) is 5.92. The molecule has 2 atom stereocenters. The van der Waals surface area contributed by atoms with Crippen LogP contribution in [0, 0.1) is 0 Å². The number of nitrogens with one attached hydrogen (secondary N) is 1. The number of ether oxygens (including phenoxy) is 1. The van der Waals surface area contributed by atoms with E-state index >= 15 is 0 Å². The Morgan fingerprint density at radius 2 is 2.33 bits per heavy atom. The van der Waals surface area contributed by atoms with Gasteiger partial charge in [0.15, 0.2) is 0 Å². The van der Waals surface area contributed by atoms with Crippen molar-refractivity contribution < 1.29 is 9.53 Å². The van der Waals surface area contributed by atoms with E-state index in [1.807, 2.05) is 0 Å². The van der Waals surface area contributed by atoms with E-state index in [9.17, 15) is 4.79 Å². The summed E-state index contributed by atoms with van der Waals surface area (Å²) < 4.78 is 5.28. The first-order chi connectivity index (χ1) is 7.22. The molecule has 0 radical (unpaired) electrons. The Labute approximate surface area is 91.5 Å². The van der Waals surface area contributed by atoms with Crippen LogP contribution in [0.4, 0.5) is 4.79 Å². The molecule has 0 spiro atoms. The van der Waals surface area contributed by atoms with Crippen molar-refractivity contribution in [3.05, 3.63) is 0 Å². The smallest absolute Gasteiger partial charge is 0.407 e. The fourth-order valence-electron chi connectivity index (χ4n) is 1.85. The minimum Gasteiger partial charge on any atom is -0.446 e. The Balaban J connectivity index is 2.13. The summed E-state index contributed by atoms with van der Waals surface area (Å²) in [7, 11) is 0. The number of alkyl carbamates (subject to hydrolysis) is 1. The van der Waals surface area contributed by atoms with Crippen LogP contribution in [0.25, 0.3) is 0 Å². The van der Waals surface area contributed by atoms with E-state index in [1.54, 1.807) is 0 Å². The molecule has 1 aliphatic carbocycles. The number of nitrogens with two attached hydrogens (primary N) is 1. The lowest BCUT2D eigenvalue weighted by molar-refractivity contribution is 0.0705. The third-order valence-electron chi connectivity index (χ3n) is 2.74. The van der Waals surface area contributed by atoms with Crippen molar-refractivity contribution in [1.29, 1.82) is 0 Å². The van der Waals surface area contributed by atoms with E-state index in [0.29, 0.717) is 6.54 Å². The summed E-state index contributed by atoms with van der Waals surface area (Å²) in [4.78, 5) is 11.3. The van der Waals surface area contributed by atoms with Gasteiger partial charge in [0.05, 0.1) is 0 Å². The molecule has 1 saturated carbocycles. The van der Waals surface area contributed by atoms with E-state index in [-0.39, 0.29) is 18.2 Å². The zero-order chi connectivity index (χ0) is 11.1. The van der Waals surface area contributed by atoms with Crippen LogP contribution in [-0.2, 0) is 4.74 Å². The fraction of sp³-hybridized carbons (Fsp3) is 0.909. The molecular formula is C11H22N2O2. The summed E-state index contributed by atoms with van der Waals surface area (Å²) in [6.07, 6.45) is 5.69. The third-order valence-corrected chi connectivity index (χ3v) is 2.74. The van der Waals surface area contributed by atoms with Crippen LogP contribution in [0.5, 0.6) is 0 Å². The van der Waals surface area contributed by atoms with Gasteiger partial charge >= 0.3 is 6.09 Å². The molecule has 88 valence electrons. The van der Waals surface area contributed by atoms with Crippen molar-refractivity contribution in [2.24, 2.45) is 5.73 Å². The predicted molar refractivity (Wildman–Crippen MR) is 59.6 cm³/mol. The molecular weight excluding hydrogens is 192 g/mol. The Bertz CT molecular complexity index is 197. The van der Waals surface area contributed by atoms with Crippen LogP contribution in [0.3, 0.4) is 0 Å². The zero-order valence-electron chi connectivity index (χ0n) is 9.50. The fourth-order valence-corrected chi connectivity index (χ4v) is 1.85. The molecule has 1 rings (SSSR count). The largest absolute Gasteiger partial charge is 0.446 e. The van der Waals surface area contributed by atoms with Crippen LogP contribution < -0.4 is 11.1 Å². The highest BCUT2D eigenvalue weighted by Crippen LogP contribution is 2.19. The highest BCUT2D eigenvalue weighted by molar-refractivity contribution is 5.67. The van der Waals surface area contributed by atoms with E-state index < -0.39 is 0 Å². The van der Waals surface area contributed by atoms with E-state index in [1.165, 1.54) is 0 Å². The summed E-state index contributed by atoms with van der Waals surface area (Å²) in [6, 6.07) is 0.201. The maximum Gasteiger partial charge on any atom is 0.407 e. The summed E-state index contributed by atoms with van der Waals surface area (Å²) in [6.45, 7) is 2.79. The van der Waals surface area contributed by atoms with E-state index in [4.69, 9.17) is 10.5 Å². The first-order valence-electron chi connectivity index (χ1n) is 5.92. The van der Waals surface area contributed by atoms with Gasteiger partial charge in [-0.05, 0) is 32.1 Å². The number of carbonyl (C=O) groups excluding carboxylic acids is 1. The second-order valence-corrected chi connectivity index (χ2v) is 4.23. The standard InChI is InChI=1S/C11H22N2O2/c1-2-3-7-13-11(14)15-10-6-4-5-9(12)8-10/h9-10H,2-8,12H2,1H3,(H,13,14). The SMILES string of the molecule is CCCCNC(=O)OC1CCCC(N)C1. The van der Waals surface area contributed by atoms with Crippen LogP contribution in [-0.4, -0.2) is 24.8 Å². The normalized spacial score (nSPS) is 26.0. The van der Waals surface area contributed by atoms with Gasteiger partial charge in [0.1, 0.15) is 6.10 Å². The molecule has 0 aliphatic heterocycles. The number of hydrogen-bond donors (Lipinski definition) is 2. The monoisotopic (exact) mass is 214 g/mol. The van der Waals surface area contributed by atoms with Gasteiger partial charge in [0.2, 0.25) is 0 Å². The van der Waals surface area contributed by atoms with Crippen molar-refractivity contribution >= 4 is 6.09 Å². The number of hydrogen-bond acceptors (Lipinski definition) is 3. The van der Waals surface area contributed by atoms with Crippen LogP contribution in [0.1, 0.15) is 45.4 Å². The molecule has 4 heteroatoms. The Morgan fingerprint density at radius 3 is 3.00 bits per heavy atom. The molecule has 1 fully saturated rings. The number of carbonyl (C=O) groups is 1. The molecule has 1 aliphatic rings. The quantitative estimate of drug-likeness (QED) is 0.701. The van der Waals surface area contributed by atoms with Crippen molar-refractivity contribution in [3.8, 4) is 0 Å². The summed E-state index contributed by atoms with van der Waals surface area (Å²) in [5, 5.41) is 2.74. The van der Waals surface area contributed by atoms with Crippen LogP contribution >= 0.6 is 0 Å². The van der Waals surface area contributed by atoms with Gasteiger partial charge in [-0.1, -0.05) is 13.3 Å². The topological polar surface area (TPSA) is 64.3 Å². The molecule has 0 aromatic carbocycles. The molecule has 4 nitrogen and oxygen atoms in total. The van der Waals surface area contributed by atoms with Gasteiger partial charge < -0.3 is 15.8 Å². The van der Waals surface area contributed by atoms with Gasteiger partial charge in [-0.15, -0.1) is 0 Å². The predicted octanol–water partition coefficient (Wildman–Crippen LogP) is 1.78. The number of unbranched alkanes of at least 4 members (excludes halogenated alkanes) is 1. The molecule has 0 bridgehead atoms.